The van der Waals surface area contributed by atoms with Gasteiger partial charge in [-0.1, -0.05) is 68.0 Å². The van der Waals surface area contributed by atoms with E-state index in [-0.39, 0.29) is 0 Å². The van der Waals surface area contributed by atoms with Crippen molar-refractivity contribution in [1.82, 2.24) is 0 Å². The summed E-state index contributed by atoms with van der Waals surface area (Å²) in [5, 5.41) is 0. The second-order valence-electron chi connectivity index (χ2n) is 3.42. The molecule has 0 saturated heterocycles. The zero-order chi connectivity index (χ0) is 8.65. The third kappa shape index (κ3) is 4.17. The first-order valence-electron chi connectivity index (χ1n) is 4.91. The summed E-state index contributed by atoms with van der Waals surface area (Å²) in [5.41, 5.74) is 1.32. The average Bonchev–Trinajstić information content (AvgIpc) is 2.62. The van der Waals surface area contributed by atoms with Crippen LogP contribution >= 0.6 is 0 Å². The number of benzene rings is 1. The highest BCUT2D eigenvalue weighted by Gasteiger charge is 1.95. The van der Waals surface area contributed by atoms with Crippen molar-refractivity contribution in [2.24, 2.45) is 0 Å². The fraction of sp³-hybridized carbons (Fsp3) is 0.500. The highest BCUT2D eigenvalue weighted by Crippen LogP contribution is 2.15. The fourth-order valence-electron chi connectivity index (χ4n) is 1.42. The van der Waals surface area contributed by atoms with Crippen LogP contribution in [0.5, 0.6) is 0 Å². The lowest BCUT2D eigenvalue weighted by Gasteiger charge is -1.82. The first-order chi connectivity index (χ1) is 5.89. The number of hydrogen-bond acceptors (Lipinski definition) is 0. The molecule has 0 heterocycles. The van der Waals surface area contributed by atoms with Gasteiger partial charge in [0.2, 0.25) is 0 Å². The summed E-state index contributed by atoms with van der Waals surface area (Å²) >= 11 is 0. The summed E-state index contributed by atoms with van der Waals surface area (Å²) in [5.74, 6) is 0. The Morgan fingerprint density at radius 3 is 1.42 bits per heavy atom. The molecular weight excluding hydrogens is 144 g/mol. The topological polar surface area (TPSA) is 0 Å². The molecule has 0 bridgehead atoms. The Morgan fingerprint density at radius 2 is 1.17 bits per heavy atom. The lowest BCUT2D eigenvalue weighted by molar-refractivity contribution is 0.886. The summed E-state index contributed by atoms with van der Waals surface area (Å²) in [7, 11) is 0. The van der Waals surface area contributed by atoms with Crippen molar-refractivity contribution >= 4 is 0 Å². The molecule has 1 fully saturated rings. The molecule has 2 rings (SSSR count). The minimum atomic E-state index is 1.32. The molecule has 12 heavy (non-hydrogen) atoms. The molecule has 1 aliphatic carbocycles. The van der Waals surface area contributed by atoms with Crippen LogP contribution in [-0.4, -0.2) is 0 Å². The summed E-state index contributed by atoms with van der Waals surface area (Å²) < 4.78 is 0. The summed E-state index contributed by atoms with van der Waals surface area (Å²) in [6, 6.07) is 10.3. The Morgan fingerprint density at radius 1 is 0.750 bits per heavy atom. The van der Waals surface area contributed by atoms with Crippen LogP contribution < -0.4 is 0 Å². The van der Waals surface area contributed by atoms with Gasteiger partial charge in [0.1, 0.15) is 0 Å². The molecule has 1 aromatic carbocycles. The molecule has 1 aromatic rings. The van der Waals surface area contributed by atoms with Crippen LogP contribution in [0.15, 0.2) is 30.3 Å². The first kappa shape index (κ1) is 9.31. The number of hydrogen-bond donors (Lipinski definition) is 0. The van der Waals surface area contributed by atoms with Crippen LogP contribution in [0.25, 0.3) is 0 Å². The molecule has 1 aliphatic rings. The largest absolute Gasteiger partial charge is 0.0622 e. The van der Waals surface area contributed by atoms with Crippen molar-refractivity contribution in [3.05, 3.63) is 35.9 Å². The minimum absolute atomic E-state index is 1.32. The first-order valence-corrected chi connectivity index (χ1v) is 4.91. The summed E-state index contributed by atoms with van der Waals surface area (Å²) in [4.78, 5) is 0. The van der Waals surface area contributed by atoms with Crippen molar-refractivity contribution in [3.8, 4) is 0 Å². The van der Waals surface area contributed by atoms with Crippen molar-refractivity contribution in [3.63, 3.8) is 0 Å². The highest BCUT2D eigenvalue weighted by atomic mass is 14.0. The Labute approximate surface area is 75.6 Å². The second-order valence-corrected chi connectivity index (χ2v) is 3.42. The predicted octanol–water partition coefficient (Wildman–Crippen LogP) is 3.95. The van der Waals surface area contributed by atoms with E-state index in [0.717, 1.165) is 0 Å². The lowest BCUT2D eigenvalue weighted by atomic mass is 10.2. The van der Waals surface area contributed by atoms with E-state index in [4.69, 9.17) is 0 Å². The molecule has 66 valence electrons. The van der Waals surface area contributed by atoms with Crippen molar-refractivity contribution < 1.29 is 0 Å². The van der Waals surface area contributed by atoms with Gasteiger partial charge in [0, 0.05) is 0 Å². The van der Waals surface area contributed by atoms with Gasteiger partial charge in [-0.15, -0.1) is 0 Å². The van der Waals surface area contributed by atoms with Gasteiger partial charge in [-0.3, -0.25) is 0 Å². The van der Waals surface area contributed by atoms with Crippen LogP contribution in [0, 0.1) is 6.92 Å². The summed E-state index contributed by atoms with van der Waals surface area (Å²) in [6.07, 6.45) is 7.50. The Kier molecular flexibility index (Phi) is 4.51. The predicted molar refractivity (Wildman–Crippen MR) is 54.3 cm³/mol. The molecule has 0 aliphatic heterocycles. The van der Waals surface area contributed by atoms with E-state index in [1.807, 2.05) is 18.2 Å². The molecule has 0 heteroatoms. The van der Waals surface area contributed by atoms with Gasteiger partial charge >= 0.3 is 0 Å². The van der Waals surface area contributed by atoms with E-state index >= 15 is 0 Å². The normalized spacial score (nSPS) is 15.1. The van der Waals surface area contributed by atoms with Gasteiger partial charge in [-0.05, 0) is 6.92 Å². The maximum absolute atomic E-state index is 2.08. The molecule has 0 atom stereocenters. The van der Waals surface area contributed by atoms with Gasteiger partial charge in [0.15, 0.2) is 0 Å². The molecule has 0 nitrogen and oxygen atoms in total. The standard InChI is InChI=1S/C7H8.C5H10/c1-7-5-3-2-4-6-7;1-2-4-5-3-1/h2-6H,1H3;1-5H2. The minimum Gasteiger partial charge on any atom is -0.0622 e. The van der Waals surface area contributed by atoms with Crippen LogP contribution in [0.4, 0.5) is 0 Å². The number of rotatable bonds is 0. The number of aryl methyl sites for hydroxylation is 1. The van der Waals surface area contributed by atoms with Crippen molar-refractivity contribution in [2.45, 2.75) is 39.0 Å². The SMILES string of the molecule is C1CCCC1.Cc1ccccc1. The molecule has 0 unspecified atom stereocenters. The van der Waals surface area contributed by atoms with Gasteiger partial charge in [0.25, 0.3) is 0 Å². The molecule has 0 N–H and O–H groups in total. The van der Waals surface area contributed by atoms with Gasteiger partial charge in [0.05, 0.1) is 0 Å². The smallest absolute Gasteiger partial charge is 0.0398 e. The zero-order valence-electron chi connectivity index (χ0n) is 7.92. The van der Waals surface area contributed by atoms with Crippen LogP contribution in [0.1, 0.15) is 37.7 Å². The molecule has 1 saturated carbocycles. The van der Waals surface area contributed by atoms with E-state index < -0.39 is 0 Å². The van der Waals surface area contributed by atoms with E-state index in [2.05, 4.69) is 19.1 Å². The average molecular weight is 162 g/mol. The maximum atomic E-state index is 2.08. The molecule has 0 aromatic heterocycles. The maximum Gasteiger partial charge on any atom is -0.0398 e. The zero-order valence-corrected chi connectivity index (χ0v) is 7.92. The van der Waals surface area contributed by atoms with E-state index in [1.165, 1.54) is 37.7 Å². The van der Waals surface area contributed by atoms with E-state index in [9.17, 15) is 0 Å². The molecule has 0 spiro atoms. The molecule has 0 amide bonds. The van der Waals surface area contributed by atoms with Crippen LogP contribution in [-0.2, 0) is 0 Å². The third-order valence-corrected chi connectivity index (χ3v) is 2.19. The highest BCUT2D eigenvalue weighted by molar-refractivity contribution is 5.11. The van der Waals surface area contributed by atoms with E-state index in [1.54, 1.807) is 0 Å². The second kappa shape index (κ2) is 5.82. The summed E-state index contributed by atoms with van der Waals surface area (Å²) in [6.45, 7) is 2.08. The van der Waals surface area contributed by atoms with Gasteiger partial charge in [-0.2, -0.15) is 0 Å². The van der Waals surface area contributed by atoms with Crippen LogP contribution in [0.3, 0.4) is 0 Å². The van der Waals surface area contributed by atoms with Gasteiger partial charge in [-0.25, -0.2) is 0 Å². The van der Waals surface area contributed by atoms with E-state index in [0.29, 0.717) is 0 Å². The quantitative estimate of drug-likeness (QED) is 0.542. The fourth-order valence-corrected chi connectivity index (χ4v) is 1.42. The molecule has 0 radical (unpaired) electrons. The lowest BCUT2D eigenvalue weighted by Crippen LogP contribution is -1.62. The van der Waals surface area contributed by atoms with Gasteiger partial charge < -0.3 is 0 Å². The van der Waals surface area contributed by atoms with Crippen LogP contribution in [0.2, 0.25) is 0 Å². The monoisotopic (exact) mass is 162 g/mol. The Balaban J connectivity index is 0.000000127. The Bertz CT molecular complexity index is 177. The van der Waals surface area contributed by atoms with Crippen molar-refractivity contribution in [1.29, 1.82) is 0 Å². The Hall–Kier alpha value is -0.780. The third-order valence-electron chi connectivity index (χ3n) is 2.19. The van der Waals surface area contributed by atoms with Crippen molar-refractivity contribution in [2.75, 3.05) is 0 Å². The molecular formula is C12H18.